The van der Waals surface area contributed by atoms with Gasteiger partial charge in [-0.2, -0.15) is 0 Å². The fourth-order valence-corrected chi connectivity index (χ4v) is 2.09. The lowest BCUT2D eigenvalue weighted by molar-refractivity contribution is 0.996. The van der Waals surface area contributed by atoms with Crippen LogP contribution < -0.4 is 0 Å². The van der Waals surface area contributed by atoms with E-state index < -0.39 is 0 Å². The Kier molecular flexibility index (Phi) is 7.42. The van der Waals surface area contributed by atoms with Gasteiger partial charge >= 0.3 is 0 Å². The summed E-state index contributed by atoms with van der Waals surface area (Å²) in [6.45, 7) is 8.41. The minimum atomic E-state index is 1.15. The molecule has 0 bridgehead atoms. The molecule has 0 spiro atoms. The molecule has 0 heteroatoms. The maximum atomic E-state index is 2.25. The molecule has 0 aliphatic heterocycles. The van der Waals surface area contributed by atoms with Crippen LogP contribution in [0, 0.1) is 20.8 Å². The monoisotopic (exact) mass is 266 g/mol. The molecule has 0 radical (unpaired) electrons. The number of aryl methyl sites for hydroxylation is 4. The molecular formula is C20H26. The molecule has 0 aliphatic rings. The van der Waals surface area contributed by atoms with Crippen LogP contribution in [0.4, 0.5) is 0 Å². The average Bonchev–Trinajstić information content (AvgIpc) is 2.39. The Labute approximate surface area is 124 Å². The van der Waals surface area contributed by atoms with Crippen LogP contribution in [-0.2, 0) is 6.42 Å². The van der Waals surface area contributed by atoms with Gasteiger partial charge in [-0.25, -0.2) is 0 Å². The SMILES string of the molecule is CC=CCCc1cccc(C)c1.Cc1cccc(C)c1. The molecule has 0 aliphatic carbocycles. The minimum absolute atomic E-state index is 1.15. The lowest BCUT2D eigenvalue weighted by Crippen LogP contribution is -1.83. The van der Waals surface area contributed by atoms with Crippen molar-refractivity contribution in [3.63, 3.8) is 0 Å². The van der Waals surface area contributed by atoms with Crippen LogP contribution in [0.15, 0.2) is 60.7 Å². The zero-order valence-corrected chi connectivity index (χ0v) is 13.2. The van der Waals surface area contributed by atoms with Gasteiger partial charge in [0.1, 0.15) is 0 Å². The highest BCUT2D eigenvalue weighted by atomic mass is 14.0. The first-order chi connectivity index (χ1) is 9.61. The zero-order valence-electron chi connectivity index (χ0n) is 13.2. The molecule has 0 saturated heterocycles. The van der Waals surface area contributed by atoms with Gasteiger partial charge in [0.05, 0.1) is 0 Å². The molecule has 0 amide bonds. The Balaban J connectivity index is 0.000000217. The first kappa shape index (κ1) is 16.2. The first-order valence-corrected chi connectivity index (χ1v) is 7.32. The first-order valence-electron chi connectivity index (χ1n) is 7.32. The Hall–Kier alpha value is -1.82. The summed E-state index contributed by atoms with van der Waals surface area (Å²) >= 11 is 0. The van der Waals surface area contributed by atoms with Crippen LogP contribution in [0.25, 0.3) is 0 Å². The normalized spacial score (nSPS) is 10.2. The van der Waals surface area contributed by atoms with E-state index in [1.807, 2.05) is 0 Å². The van der Waals surface area contributed by atoms with Crippen molar-refractivity contribution in [3.8, 4) is 0 Å². The molecule has 2 aromatic carbocycles. The molecule has 0 N–H and O–H groups in total. The summed E-state index contributed by atoms with van der Waals surface area (Å²) in [4.78, 5) is 0. The molecule has 0 nitrogen and oxygen atoms in total. The Morgan fingerprint density at radius 1 is 0.800 bits per heavy atom. The standard InChI is InChI=1S/C12H16.C8H10/c1-3-4-5-8-12-9-6-7-11(2)10-12;1-7-4-3-5-8(2)6-7/h3-4,6-7,9-10H,5,8H2,1-2H3;3-6H,1-2H3. The van der Waals surface area contributed by atoms with E-state index in [0.29, 0.717) is 0 Å². The van der Waals surface area contributed by atoms with Gasteiger partial charge in [0.25, 0.3) is 0 Å². The highest BCUT2D eigenvalue weighted by Crippen LogP contribution is 2.06. The van der Waals surface area contributed by atoms with Gasteiger partial charge in [-0.3, -0.25) is 0 Å². The molecular weight excluding hydrogens is 240 g/mol. The van der Waals surface area contributed by atoms with E-state index in [2.05, 4.69) is 88.4 Å². The third kappa shape index (κ3) is 6.94. The lowest BCUT2D eigenvalue weighted by Gasteiger charge is -1.98. The van der Waals surface area contributed by atoms with Crippen molar-refractivity contribution in [2.24, 2.45) is 0 Å². The third-order valence-corrected chi connectivity index (χ3v) is 3.09. The summed E-state index contributed by atoms with van der Waals surface area (Å²) in [6, 6.07) is 17.2. The molecule has 20 heavy (non-hydrogen) atoms. The van der Waals surface area contributed by atoms with Crippen molar-refractivity contribution >= 4 is 0 Å². The van der Waals surface area contributed by atoms with Crippen molar-refractivity contribution in [1.29, 1.82) is 0 Å². The number of benzene rings is 2. The van der Waals surface area contributed by atoms with Crippen molar-refractivity contribution in [2.45, 2.75) is 40.5 Å². The molecule has 0 aromatic heterocycles. The van der Waals surface area contributed by atoms with E-state index in [1.54, 1.807) is 0 Å². The molecule has 106 valence electrons. The summed E-state index contributed by atoms with van der Waals surface area (Å²) in [7, 11) is 0. The largest absolute Gasteiger partial charge is 0.0917 e. The van der Waals surface area contributed by atoms with Crippen molar-refractivity contribution in [2.75, 3.05) is 0 Å². The van der Waals surface area contributed by atoms with Gasteiger partial charge in [0.2, 0.25) is 0 Å². The van der Waals surface area contributed by atoms with Crippen LogP contribution >= 0.6 is 0 Å². The number of hydrogen-bond acceptors (Lipinski definition) is 0. The second-order valence-corrected chi connectivity index (χ2v) is 5.25. The molecule has 0 heterocycles. The Morgan fingerprint density at radius 2 is 1.35 bits per heavy atom. The summed E-state index contributed by atoms with van der Waals surface area (Å²) < 4.78 is 0. The van der Waals surface area contributed by atoms with E-state index in [4.69, 9.17) is 0 Å². The van der Waals surface area contributed by atoms with Gasteiger partial charge in [-0.05, 0) is 46.1 Å². The molecule has 0 atom stereocenters. The van der Waals surface area contributed by atoms with E-state index in [0.717, 1.165) is 12.8 Å². The van der Waals surface area contributed by atoms with E-state index >= 15 is 0 Å². The highest BCUT2D eigenvalue weighted by Gasteiger charge is 1.90. The summed E-state index contributed by atoms with van der Waals surface area (Å²) in [5.74, 6) is 0. The van der Waals surface area contributed by atoms with Gasteiger partial charge in [0, 0.05) is 0 Å². The average molecular weight is 266 g/mol. The topological polar surface area (TPSA) is 0 Å². The predicted molar refractivity (Wildman–Crippen MR) is 90.2 cm³/mol. The van der Waals surface area contributed by atoms with Crippen LogP contribution in [0.3, 0.4) is 0 Å². The molecule has 0 unspecified atom stereocenters. The number of hydrogen-bond donors (Lipinski definition) is 0. The Bertz CT molecular complexity index is 518. The quantitative estimate of drug-likeness (QED) is 0.615. The molecule has 0 saturated carbocycles. The molecule has 2 aromatic rings. The van der Waals surface area contributed by atoms with Crippen molar-refractivity contribution < 1.29 is 0 Å². The fourth-order valence-electron chi connectivity index (χ4n) is 2.09. The third-order valence-electron chi connectivity index (χ3n) is 3.09. The maximum absolute atomic E-state index is 2.25. The van der Waals surface area contributed by atoms with E-state index in [1.165, 1.54) is 22.3 Å². The highest BCUT2D eigenvalue weighted by molar-refractivity contribution is 5.22. The lowest BCUT2D eigenvalue weighted by atomic mass is 10.1. The van der Waals surface area contributed by atoms with E-state index in [9.17, 15) is 0 Å². The van der Waals surface area contributed by atoms with Crippen LogP contribution in [0.2, 0.25) is 0 Å². The zero-order chi connectivity index (χ0) is 14.8. The van der Waals surface area contributed by atoms with Crippen molar-refractivity contribution in [3.05, 3.63) is 82.9 Å². The van der Waals surface area contributed by atoms with Gasteiger partial charge in [0.15, 0.2) is 0 Å². The van der Waals surface area contributed by atoms with Gasteiger partial charge < -0.3 is 0 Å². The molecule has 0 fully saturated rings. The second-order valence-electron chi connectivity index (χ2n) is 5.25. The van der Waals surface area contributed by atoms with Gasteiger partial charge in [-0.1, -0.05) is 77.4 Å². The molecule has 2 rings (SSSR count). The maximum Gasteiger partial charge on any atom is -0.0244 e. The minimum Gasteiger partial charge on any atom is -0.0917 e. The van der Waals surface area contributed by atoms with Crippen LogP contribution in [0.5, 0.6) is 0 Å². The number of allylic oxidation sites excluding steroid dienone is 2. The second kappa shape index (κ2) is 9.14. The van der Waals surface area contributed by atoms with Crippen LogP contribution in [-0.4, -0.2) is 0 Å². The van der Waals surface area contributed by atoms with Crippen molar-refractivity contribution in [1.82, 2.24) is 0 Å². The number of rotatable bonds is 3. The fraction of sp³-hybridized carbons (Fsp3) is 0.300. The Morgan fingerprint density at radius 3 is 1.80 bits per heavy atom. The summed E-state index contributed by atoms with van der Waals surface area (Å²) in [5, 5.41) is 0. The summed E-state index contributed by atoms with van der Waals surface area (Å²) in [5.41, 5.74) is 5.47. The van der Waals surface area contributed by atoms with Gasteiger partial charge in [-0.15, -0.1) is 0 Å². The van der Waals surface area contributed by atoms with Crippen LogP contribution in [0.1, 0.15) is 35.6 Å². The smallest absolute Gasteiger partial charge is 0.0244 e. The summed E-state index contributed by atoms with van der Waals surface area (Å²) in [6.07, 6.45) is 6.63. The predicted octanol–water partition coefficient (Wildman–Crippen LogP) is 5.81. The van der Waals surface area contributed by atoms with E-state index in [-0.39, 0.29) is 0 Å².